The van der Waals surface area contributed by atoms with Crippen molar-refractivity contribution in [2.45, 2.75) is 56.7 Å². The first-order chi connectivity index (χ1) is 9.31. The zero-order valence-corrected chi connectivity index (χ0v) is 11.2. The Labute approximate surface area is 114 Å². The van der Waals surface area contributed by atoms with Crippen molar-refractivity contribution in [2.75, 3.05) is 0 Å². The van der Waals surface area contributed by atoms with Crippen molar-refractivity contribution >= 4 is 5.78 Å². The molecule has 4 rings (SSSR count). The molecule has 0 amide bonds. The van der Waals surface area contributed by atoms with Gasteiger partial charge in [-0.2, -0.15) is 0 Å². The highest BCUT2D eigenvalue weighted by Gasteiger charge is 2.44. The van der Waals surface area contributed by atoms with Crippen LogP contribution in [0.2, 0.25) is 0 Å². The third-order valence-electron chi connectivity index (χ3n) is 5.21. The van der Waals surface area contributed by atoms with Gasteiger partial charge in [-0.15, -0.1) is 0 Å². The highest BCUT2D eigenvalue weighted by molar-refractivity contribution is 5.98. The van der Waals surface area contributed by atoms with Crippen LogP contribution in [0.3, 0.4) is 0 Å². The molecule has 3 unspecified atom stereocenters. The lowest BCUT2D eigenvalue weighted by Gasteiger charge is -2.26. The van der Waals surface area contributed by atoms with E-state index in [-0.39, 0.29) is 12.0 Å². The Balaban J connectivity index is 1.50. The van der Waals surface area contributed by atoms with Crippen molar-refractivity contribution in [3.63, 3.8) is 0 Å². The summed E-state index contributed by atoms with van der Waals surface area (Å²) < 4.78 is 5.80. The number of carbonyl (C=O) groups excluding carboxylic acids is 1. The van der Waals surface area contributed by atoms with Gasteiger partial charge in [-0.05, 0) is 43.6 Å². The summed E-state index contributed by atoms with van der Waals surface area (Å²) in [6.45, 7) is 0. The predicted molar refractivity (Wildman–Crippen MR) is 73.4 cm³/mol. The van der Waals surface area contributed by atoms with Gasteiger partial charge in [0.1, 0.15) is 0 Å². The monoisotopic (exact) mass is 256 g/mol. The lowest BCUT2D eigenvalue weighted by molar-refractivity contribution is 0.0743. The zero-order valence-electron chi connectivity index (χ0n) is 11.2. The minimum absolute atomic E-state index is 0.119. The molecular weight excluding hydrogens is 236 g/mol. The van der Waals surface area contributed by atoms with E-state index in [1.807, 2.05) is 12.1 Å². The van der Waals surface area contributed by atoms with Crippen LogP contribution in [0.1, 0.15) is 60.4 Å². The molecule has 1 aromatic carbocycles. The van der Waals surface area contributed by atoms with Gasteiger partial charge in [0, 0.05) is 5.56 Å². The van der Waals surface area contributed by atoms with Crippen molar-refractivity contribution in [1.82, 2.24) is 0 Å². The lowest BCUT2D eigenvalue weighted by atomic mass is 9.79. The van der Waals surface area contributed by atoms with Gasteiger partial charge in [-0.1, -0.05) is 30.7 Å². The smallest absolute Gasteiger partial charge is 0.168 e. The van der Waals surface area contributed by atoms with Crippen molar-refractivity contribution in [3.05, 3.63) is 35.4 Å². The molecule has 2 bridgehead atoms. The fourth-order valence-corrected chi connectivity index (χ4v) is 3.79. The SMILES string of the molecule is O=C(c1ccc(C2CCC2)cc1)C1CC2CCC1O2. The average molecular weight is 256 g/mol. The Morgan fingerprint density at radius 2 is 1.84 bits per heavy atom. The summed E-state index contributed by atoms with van der Waals surface area (Å²) in [5.74, 6) is 1.16. The van der Waals surface area contributed by atoms with E-state index < -0.39 is 0 Å². The van der Waals surface area contributed by atoms with Gasteiger partial charge >= 0.3 is 0 Å². The molecule has 3 atom stereocenters. The molecule has 0 N–H and O–H groups in total. The Hall–Kier alpha value is -1.15. The molecule has 0 radical (unpaired) electrons. The van der Waals surface area contributed by atoms with E-state index >= 15 is 0 Å². The fraction of sp³-hybridized carbons (Fsp3) is 0.588. The normalized spacial score (nSPS) is 33.4. The third kappa shape index (κ3) is 1.93. The van der Waals surface area contributed by atoms with E-state index in [1.54, 1.807) is 0 Å². The highest BCUT2D eigenvalue weighted by atomic mass is 16.5. The maximum Gasteiger partial charge on any atom is 0.168 e. The summed E-state index contributed by atoms with van der Waals surface area (Å²) in [4.78, 5) is 12.5. The molecule has 2 heteroatoms. The molecule has 1 saturated carbocycles. The Morgan fingerprint density at radius 3 is 2.37 bits per heavy atom. The van der Waals surface area contributed by atoms with Gasteiger partial charge in [0.2, 0.25) is 0 Å². The van der Waals surface area contributed by atoms with E-state index in [9.17, 15) is 4.79 Å². The van der Waals surface area contributed by atoms with Gasteiger partial charge in [-0.3, -0.25) is 4.79 Å². The van der Waals surface area contributed by atoms with Crippen LogP contribution in [0.15, 0.2) is 24.3 Å². The molecule has 3 fully saturated rings. The first kappa shape index (κ1) is 11.7. The van der Waals surface area contributed by atoms with Crippen LogP contribution in [-0.2, 0) is 4.74 Å². The molecule has 100 valence electrons. The standard InChI is InChI=1S/C17H20O2/c18-17(15-10-14-8-9-16(15)19-14)13-6-4-12(5-7-13)11-2-1-3-11/h4-7,11,14-16H,1-3,8-10H2. The molecule has 1 aromatic rings. The fourth-order valence-electron chi connectivity index (χ4n) is 3.79. The minimum Gasteiger partial charge on any atom is -0.374 e. The number of carbonyl (C=O) groups is 1. The number of benzene rings is 1. The molecule has 1 aliphatic carbocycles. The number of ether oxygens (including phenoxy) is 1. The predicted octanol–water partition coefficient (Wildman–Crippen LogP) is 3.70. The van der Waals surface area contributed by atoms with Crippen molar-refractivity contribution in [1.29, 1.82) is 0 Å². The van der Waals surface area contributed by atoms with Crippen LogP contribution < -0.4 is 0 Å². The van der Waals surface area contributed by atoms with Gasteiger partial charge < -0.3 is 4.74 Å². The van der Waals surface area contributed by atoms with Crippen LogP contribution >= 0.6 is 0 Å². The summed E-state index contributed by atoms with van der Waals surface area (Å²) in [5, 5.41) is 0. The van der Waals surface area contributed by atoms with Crippen LogP contribution in [0.4, 0.5) is 0 Å². The Morgan fingerprint density at radius 1 is 1.05 bits per heavy atom. The largest absolute Gasteiger partial charge is 0.374 e. The van der Waals surface area contributed by atoms with Gasteiger partial charge in [0.25, 0.3) is 0 Å². The Bertz CT molecular complexity index is 486. The molecule has 19 heavy (non-hydrogen) atoms. The second kappa shape index (κ2) is 4.45. The topological polar surface area (TPSA) is 26.3 Å². The number of rotatable bonds is 3. The number of ketones is 1. The summed E-state index contributed by atoms with van der Waals surface area (Å²) in [6.07, 6.45) is 7.69. The average Bonchev–Trinajstić information content (AvgIpc) is 2.99. The van der Waals surface area contributed by atoms with E-state index in [0.29, 0.717) is 11.9 Å². The van der Waals surface area contributed by atoms with Crippen molar-refractivity contribution in [2.24, 2.45) is 5.92 Å². The molecule has 0 aromatic heterocycles. The van der Waals surface area contributed by atoms with Crippen molar-refractivity contribution < 1.29 is 9.53 Å². The van der Waals surface area contributed by atoms with Crippen molar-refractivity contribution in [3.8, 4) is 0 Å². The number of Topliss-reactive ketones (excluding diaryl/α,β-unsaturated/α-hetero) is 1. The molecule has 3 aliphatic rings. The summed E-state index contributed by atoms with van der Waals surface area (Å²) in [7, 11) is 0. The molecule has 2 aliphatic heterocycles. The maximum absolute atomic E-state index is 12.5. The summed E-state index contributed by atoms with van der Waals surface area (Å²) >= 11 is 0. The maximum atomic E-state index is 12.5. The molecule has 2 saturated heterocycles. The summed E-state index contributed by atoms with van der Waals surface area (Å²) in [5.41, 5.74) is 2.29. The first-order valence-electron chi connectivity index (χ1n) is 7.61. The molecule has 2 nitrogen and oxygen atoms in total. The Kier molecular flexibility index (Phi) is 2.73. The number of hydrogen-bond acceptors (Lipinski definition) is 2. The second-order valence-electron chi connectivity index (χ2n) is 6.33. The molecular formula is C17H20O2. The highest BCUT2D eigenvalue weighted by Crippen LogP contribution is 2.41. The van der Waals surface area contributed by atoms with Crippen LogP contribution in [0.25, 0.3) is 0 Å². The number of hydrogen-bond donors (Lipinski definition) is 0. The molecule has 0 spiro atoms. The second-order valence-corrected chi connectivity index (χ2v) is 6.33. The molecule has 2 heterocycles. The third-order valence-corrected chi connectivity index (χ3v) is 5.21. The quantitative estimate of drug-likeness (QED) is 0.771. The minimum atomic E-state index is 0.119. The van der Waals surface area contributed by atoms with E-state index in [2.05, 4.69) is 12.1 Å². The van der Waals surface area contributed by atoms with Gasteiger partial charge in [-0.25, -0.2) is 0 Å². The van der Waals surface area contributed by atoms with E-state index in [0.717, 1.165) is 30.7 Å². The van der Waals surface area contributed by atoms with Crippen LogP contribution in [0, 0.1) is 5.92 Å². The van der Waals surface area contributed by atoms with Crippen LogP contribution in [0.5, 0.6) is 0 Å². The number of fused-ring (bicyclic) bond motifs is 2. The van der Waals surface area contributed by atoms with Gasteiger partial charge in [0.15, 0.2) is 5.78 Å². The summed E-state index contributed by atoms with van der Waals surface area (Å²) in [6, 6.07) is 8.38. The first-order valence-corrected chi connectivity index (χ1v) is 7.61. The van der Waals surface area contributed by atoms with E-state index in [1.165, 1.54) is 24.8 Å². The lowest BCUT2D eigenvalue weighted by Crippen LogP contribution is -2.25. The van der Waals surface area contributed by atoms with Gasteiger partial charge in [0.05, 0.1) is 18.1 Å². The van der Waals surface area contributed by atoms with Crippen LogP contribution in [-0.4, -0.2) is 18.0 Å². The zero-order chi connectivity index (χ0) is 12.8. The van der Waals surface area contributed by atoms with E-state index in [4.69, 9.17) is 4.74 Å².